The van der Waals surface area contributed by atoms with Crippen LogP contribution in [-0.2, 0) is 0 Å². The Morgan fingerprint density at radius 2 is 1.21 bits per heavy atom. The van der Waals surface area contributed by atoms with E-state index in [1.807, 2.05) is 18.3 Å². The molecule has 6 nitrogen and oxygen atoms in total. The van der Waals surface area contributed by atoms with Crippen molar-refractivity contribution in [1.29, 1.82) is 0 Å². The lowest BCUT2D eigenvalue weighted by Gasteiger charge is -2.38. The van der Waals surface area contributed by atoms with Gasteiger partial charge in [-0.15, -0.1) is 0 Å². The topological polar surface area (TPSA) is 46.5 Å². The van der Waals surface area contributed by atoms with Crippen LogP contribution in [0.25, 0.3) is 0 Å². The number of piperazine rings is 1. The van der Waals surface area contributed by atoms with E-state index >= 15 is 0 Å². The summed E-state index contributed by atoms with van der Waals surface area (Å²) in [7, 11) is 4.88. The first-order valence-electron chi connectivity index (χ1n) is 11.2. The molecule has 1 fully saturated rings. The fourth-order valence-electron chi connectivity index (χ4n) is 4.27. The van der Waals surface area contributed by atoms with Crippen molar-refractivity contribution in [1.82, 2.24) is 9.91 Å². The Morgan fingerprint density at radius 1 is 0.697 bits per heavy atom. The molecule has 0 radical (unpaired) electrons. The zero-order valence-electron chi connectivity index (χ0n) is 19.5. The summed E-state index contributed by atoms with van der Waals surface area (Å²) in [6.07, 6.45) is 1.84. The van der Waals surface area contributed by atoms with Gasteiger partial charge in [-0.05, 0) is 17.2 Å². The minimum atomic E-state index is 0.240. The van der Waals surface area contributed by atoms with Gasteiger partial charge in [-0.25, -0.2) is 0 Å². The molecule has 0 saturated carbocycles. The molecule has 3 aromatic rings. The van der Waals surface area contributed by atoms with Crippen molar-refractivity contribution >= 4 is 6.21 Å². The first-order chi connectivity index (χ1) is 16.2. The summed E-state index contributed by atoms with van der Waals surface area (Å²) in [5, 5.41) is 6.85. The third-order valence-electron chi connectivity index (χ3n) is 5.98. The van der Waals surface area contributed by atoms with Crippen LogP contribution in [0.5, 0.6) is 17.2 Å². The Balaban J connectivity index is 1.48. The quantitative estimate of drug-likeness (QED) is 0.480. The van der Waals surface area contributed by atoms with Crippen molar-refractivity contribution in [3.63, 3.8) is 0 Å². The highest BCUT2D eigenvalue weighted by atomic mass is 16.5. The molecule has 1 aliphatic heterocycles. The largest absolute Gasteiger partial charge is 0.496 e. The molecule has 6 heteroatoms. The summed E-state index contributed by atoms with van der Waals surface area (Å²) in [4.78, 5) is 2.54. The summed E-state index contributed by atoms with van der Waals surface area (Å²) in [5.41, 5.74) is 3.48. The highest BCUT2D eigenvalue weighted by Crippen LogP contribution is 2.34. The lowest BCUT2D eigenvalue weighted by atomic mass is 9.96. The van der Waals surface area contributed by atoms with Crippen LogP contribution in [0.1, 0.15) is 22.7 Å². The molecular formula is C27H31N3O3. The van der Waals surface area contributed by atoms with Gasteiger partial charge in [0, 0.05) is 37.8 Å². The minimum absolute atomic E-state index is 0.240. The second-order valence-electron chi connectivity index (χ2n) is 7.91. The molecular weight excluding hydrogens is 414 g/mol. The predicted molar refractivity (Wildman–Crippen MR) is 132 cm³/mol. The number of rotatable bonds is 8. The van der Waals surface area contributed by atoms with Crippen LogP contribution >= 0.6 is 0 Å². The van der Waals surface area contributed by atoms with Gasteiger partial charge in [0.2, 0.25) is 0 Å². The number of hydrogen-bond acceptors (Lipinski definition) is 6. The molecule has 1 aliphatic rings. The van der Waals surface area contributed by atoms with E-state index in [9.17, 15) is 0 Å². The average molecular weight is 446 g/mol. The van der Waals surface area contributed by atoms with Gasteiger partial charge in [0.25, 0.3) is 0 Å². The van der Waals surface area contributed by atoms with Crippen LogP contribution in [0.3, 0.4) is 0 Å². The molecule has 1 saturated heterocycles. The molecule has 0 aliphatic carbocycles. The summed E-state index contributed by atoms with van der Waals surface area (Å²) in [5.74, 6) is 1.98. The number of hydrogen-bond donors (Lipinski definition) is 0. The SMILES string of the molecule is COc1cc(OC)c(OC)cc1/C=N/N1CCN(C(c2ccccc2)c2ccccc2)CC1. The van der Waals surface area contributed by atoms with E-state index in [-0.39, 0.29) is 6.04 Å². The first-order valence-corrected chi connectivity index (χ1v) is 11.2. The van der Waals surface area contributed by atoms with Crippen LogP contribution in [0.15, 0.2) is 77.9 Å². The fourth-order valence-corrected chi connectivity index (χ4v) is 4.27. The molecule has 0 spiro atoms. The third-order valence-corrected chi connectivity index (χ3v) is 5.98. The molecule has 4 rings (SSSR count). The van der Waals surface area contributed by atoms with Gasteiger partial charge >= 0.3 is 0 Å². The average Bonchev–Trinajstić information content (AvgIpc) is 2.89. The smallest absolute Gasteiger partial charge is 0.164 e. The first kappa shape index (κ1) is 22.7. The van der Waals surface area contributed by atoms with Gasteiger partial charge < -0.3 is 14.2 Å². The zero-order chi connectivity index (χ0) is 23.0. The maximum absolute atomic E-state index is 5.52. The molecule has 0 unspecified atom stereocenters. The molecule has 0 bridgehead atoms. The van der Waals surface area contributed by atoms with Crippen molar-refractivity contribution in [3.05, 3.63) is 89.5 Å². The van der Waals surface area contributed by atoms with Crippen LogP contribution < -0.4 is 14.2 Å². The number of ether oxygens (including phenoxy) is 3. The monoisotopic (exact) mass is 445 g/mol. The number of benzene rings is 3. The molecule has 172 valence electrons. The van der Waals surface area contributed by atoms with Crippen LogP contribution in [0, 0.1) is 0 Å². The third kappa shape index (κ3) is 5.29. The van der Waals surface area contributed by atoms with Gasteiger partial charge in [-0.2, -0.15) is 5.10 Å². The molecule has 0 amide bonds. The molecule has 0 aromatic heterocycles. The van der Waals surface area contributed by atoms with Crippen LogP contribution in [0.4, 0.5) is 0 Å². The lowest BCUT2D eigenvalue weighted by molar-refractivity contribution is 0.113. The Kier molecular flexibility index (Phi) is 7.47. The van der Waals surface area contributed by atoms with E-state index in [0.717, 1.165) is 31.7 Å². The highest BCUT2D eigenvalue weighted by Gasteiger charge is 2.25. The normalized spacial score (nSPS) is 14.6. The van der Waals surface area contributed by atoms with E-state index in [4.69, 9.17) is 19.3 Å². The predicted octanol–water partition coefficient (Wildman–Crippen LogP) is 4.45. The van der Waals surface area contributed by atoms with Crippen molar-refractivity contribution in [2.45, 2.75) is 6.04 Å². The Morgan fingerprint density at radius 3 is 1.73 bits per heavy atom. The number of nitrogens with zero attached hydrogens (tertiary/aromatic N) is 3. The van der Waals surface area contributed by atoms with E-state index in [0.29, 0.717) is 17.2 Å². The van der Waals surface area contributed by atoms with Gasteiger partial charge in [-0.1, -0.05) is 60.7 Å². The minimum Gasteiger partial charge on any atom is -0.496 e. The van der Waals surface area contributed by atoms with E-state index < -0.39 is 0 Å². The maximum Gasteiger partial charge on any atom is 0.164 e. The zero-order valence-corrected chi connectivity index (χ0v) is 19.5. The summed E-state index contributed by atoms with van der Waals surface area (Å²) in [6, 6.07) is 25.4. The maximum atomic E-state index is 5.52. The Hall–Kier alpha value is -3.51. The van der Waals surface area contributed by atoms with E-state index in [1.54, 1.807) is 21.3 Å². The molecule has 0 atom stereocenters. The van der Waals surface area contributed by atoms with Gasteiger partial charge in [0.1, 0.15) is 5.75 Å². The van der Waals surface area contributed by atoms with Crippen molar-refractivity contribution in [2.75, 3.05) is 47.5 Å². The van der Waals surface area contributed by atoms with Gasteiger partial charge in [0.05, 0.1) is 33.6 Å². The molecule has 0 N–H and O–H groups in total. The lowest BCUT2D eigenvalue weighted by Crippen LogP contribution is -2.45. The molecule has 1 heterocycles. The molecule has 33 heavy (non-hydrogen) atoms. The van der Waals surface area contributed by atoms with Gasteiger partial charge in [-0.3, -0.25) is 9.91 Å². The summed E-state index contributed by atoms with van der Waals surface area (Å²) < 4.78 is 16.3. The van der Waals surface area contributed by atoms with Crippen LogP contribution in [-0.4, -0.2) is 63.6 Å². The highest BCUT2D eigenvalue weighted by molar-refractivity contribution is 5.85. The fraction of sp³-hybridized carbons (Fsp3) is 0.296. The van der Waals surface area contributed by atoms with E-state index in [1.165, 1.54) is 11.1 Å². The Bertz CT molecular complexity index is 1010. The second-order valence-corrected chi connectivity index (χ2v) is 7.91. The molecule has 3 aromatic carbocycles. The van der Waals surface area contributed by atoms with Gasteiger partial charge in [0.15, 0.2) is 11.5 Å². The number of hydrazone groups is 1. The van der Waals surface area contributed by atoms with Crippen molar-refractivity contribution < 1.29 is 14.2 Å². The van der Waals surface area contributed by atoms with Crippen LogP contribution in [0.2, 0.25) is 0 Å². The Labute approximate surface area is 196 Å². The summed E-state index contributed by atoms with van der Waals surface area (Å²) >= 11 is 0. The summed E-state index contributed by atoms with van der Waals surface area (Å²) in [6.45, 7) is 3.55. The van der Waals surface area contributed by atoms with E-state index in [2.05, 4.69) is 70.6 Å². The van der Waals surface area contributed by atoms with Crippen molar-refractivity contribution in [3.8, 4) is 17.2 Å². The number of methoxy groups -OCH3 is 3. The second kappa shape index (κ2) is 10.9. The van der Waals surface area contributed by atoms with Crippen molar-refractivity contribution in [2.24, 2.45) is 5.10 Å². The standard InChI is InChI=1S/C27H31N3O3/c1-31-24-19-26(33-3)25(32-2)18-23(24)20-28-30-16-14-29(15-17-30)27(21-10-6-4-7-11-21)22-12-8-5-9-13-22/h4-13,18-20,27H,14-17H2,1-3H3/b28-20+.